The molecule has 130 valence electrons. The highest BCUT2D eigenvalue weighted by atomic mass is 16.5. The van der Waals surface area contributed by atoms with Crippen molar-refractivity contribution in [3.8, 4) is 28.6 Å². The zero-order valence-electron chi connectivity index (χ0n) is 15.0. The van der Waals surface area contributed by atoms with E-state index in [1.807, 2.05) is 41.1 Å². The molecule has 3 rings (SSSR count). The van der Waals surface area contributed by atoms with E-state index >= 15 is 0 Å². The van der Waals surface area contributed by atoms with Crippen LogP contribution in [-0.2, 0) is 6.42 Å². The number of benzene rings is 2. The van der Waals surface area contributed by atoms with Crippen LogP contribution < -0.4 is 4.74 Å². The van der Waals surface area contributed by atoms with Crippen LogP contribution in [0.4, 0.5) is 0 Å². The molecule has 0 bridgehead atoms. The molecule has 0 amide bonds. The molecule has 0 saturated heterocycles. The maximum atomic E-state index is 10.5. The number of aryl methyl sites for hydroxylation is 1. The van der Waals surface area contributed by atoms with Crippen LogP contribution in [0.5, 0.6) is 11.6 Å². The fourth-order valence-corrected chi connectivity index (χ4v) is 3.05. The maximum absolute atomic E-state index is 10.5. The first kappa shape index (κ1) is 17.1. The van der Waals surface area contributed by atoms with Gasteiger partial charge in [0.25, 0.3) is 0 Å². The first-order valence-electron chi connectivity index (χ1n) is 8.67. The van der Waals surface area contributed by atoms with E-state index in [1.165, 1.54) is 0 Å². The standard InChI is InChI=1S/C21H24N2O2/c1-4-5-9-19-20(18-10-7-6-8-15(18)2)23(22-21(19)24)16-11-13-17(25-3)14-12-16/h6-8,10-14H,4-5,9H2,1-3H3,(H,22,24). The second-order valence-electron chi connectivity index (χ2n) is 6.18. The molecule has 0 unspecified atom stereocenters. The number of aromatic hydroxyl groups is 1. The van der Waals surface area contributed by atoms with Crippen molar-refractivity contribution < 1.29 is 9.84 Å². The normalized spacial score (nSPS) is 10.8. The van der Waals surface area contributed by atoms with E-state index in [1.54, 1.807) is 7.11 Å². The summed E-state index contributed by atoms with van der Waals surface area (Å²) in [6, 6.07) is 15.9. The summed E-state index contributed by atoms with van der Waals surface area (Å²) in [5.41, 5.74) is 5.03. The van der Waals surface area contributed by atoms with Gasteiger partial charge in [0.1, 0.15) is 5.75 Å². The molecule has 0 aliphatic heterocycles. The molecule has 1 aromatic heterocycles. The van der Waals surface area contributed by atoms with E-state index in [0.29, 0.717) is 0 Å². The molecule has 0 saturated carbocycles. The van der Waals surface area contributed by atoms with Crippen molar-refractivity contribution in [2.75, 3.05) is 7.11 Å². The lowest BCUT2D eigenvalue weighted by molar-refractivity contribution is 0.414. The molecule has 1 N–H and O–H groups in total. The van der Waals surface area contributed by atoms with Crippen LogP contribution in [0.15, 0.2) is 48.5 Å². The minimum absolute atomic E-state index is 0.113. The Bertz CT molecular complexity index is 851. The number of nitrogens with zero attached hydrogens (tertiary/aromatic N) is 2. The summed E-state index contributed by atoms with van der Waals surface area (Å²) in [7, 11) is 1.65. The molecule has 0 radical (unpaired) electrons. The fourth-order valence-electron chi connectivity index (χ4n) is 3.05. The molecule has 1 heterocycles. The van der Waals surface area contributed by atoms with Gasteiger partial charge in [-0.1, -0.05) is 37.6 Å². The van der Waals surface area contributed by atoms with Crippen LogP contribution in [0, 0.1) is 6.92 Å². The highest BCUT2D eigenvalue weighted by molar-refractivity contribution is 5.71. The summed E-state index contributed by atoms with van der Waals surface area (Å²) in [5.74, 6) is 0.909. The average Bonchev–Trinajstić information content (AvgIpc) is 2.96. The lowest BCUT2D eigenvalue weighted by Gasteiger charge is -2.12. The Labute approximate surface area is 148 Å². The molecular formula is C21H24N2O2. The van der Waals surface area contributed by atoms with Crippen LogP contribution >= 0.6 is 0 Å². The Morgan fingerprint density at radius 2 is 1.80 bits per heavy atom. The van der Waals surface area contributed by atoms with Gasteiger partial charge in [-0.15, -0.1) is 5.10 Å². The SMILES string of the molecule is CCCCc1c(O)nn(-c2ccc(OC)cc2)c1-c1ccccc1C. The smallest absolute Gasteiger partial charge is 0.234 e. The van der Waals surface area contributed by atoms with Gasteiger partial charge in [0, 0.05) is 11.1 Å². The number of rotatable bonds is 6. The van der Waals surface area contributed by atoms with E-state index in [2.05, 4.69) is 31.1 Å². The van der Waals surface area contributed by atoms with Gasteiger partial charge in [-0.05, 0) is 49.6 Å². The molecule has 0 aliphatic carbocycles. The van der Waals surface area contributed by atoms with Crippen molar-refractivity contribution >= 4 is 0 Å². The van der Waals surface area contributed by atoms with Crippen molar-refractivity contribution in [3.63, 3.8) is 0 Å². The van der Waals surface area contributed by atoms with Crippen LogP contribution in [-0.4, -0.2) is 22.0 Å². The Balaban J connectivity index is 2.19. The molecular weight excluding hydrogens is 312 g/mol. The molecule has 4 heteroatoms. The predicted molar refractivity (Wildman–Crippen MR) is 101 cm³/mol. The summed E-state index contributed by atoms with van der Waals surface area (Å²) in [6.07, 6.45) is 2.89. The first-order valence-corrected chi connectivity index (χ1v) is 8.67. The zero-order valence-corrected chi connectivity index (χ0v) is 15.0. The monoisotopic (exact) mass is 336 g/mol. The molecule has 4 nitrogen and oxygen atoms in total. The van der Waals surface area contributed by atoms with E-state index in [-0.39, 0.29) is 5.88 Å². The van der Waals surface area contributed by atoms with Crippen molar-refractivity contribution in [1.82, 2.24) is 9.78 Å². The third kappa shape index (κ3) is 3.38. The predicted octanol–water partition coefficient (Wildman–Crippen LogP) is 4.90. The number of hydrogen-bond donors (Lipinski definition) is 1. The summed E-state index contributed by atoms with van der Waals surface area (Å²) < 4.78 is 7.08. The summed E-state index contributed by atoms with van der Waals surface area (Å²) in [4.78, 5) is 0. The summed E-state index contributed by atoms with van der Waals surface area (Å²) in [5, 5.41) is 14.9. The maximum Gasteiger partial charge on any atom is 0.234 e. The Morgan fingerprint density at radius 3 is 2.44 bits per heavy atom. The molecule has 0 fully saturated rings. The van der Waals surface area contributed by atoms with Gasteiger partial charge in [-0.25, -0.2) is 4.68 Å². The second kappa shape index (κ2) is 7.43. The lowest BCUT2D eigenvalue weighted by atomic mass is 9.99. The van der Waals surface area contributed by atoms with Crippen molar-refractivity contribution in [2.45, 2.75) is 33.1 Å². The molecule has 0 aliphatic rings. The first-order chi connectivity index (χ1) is 12.2. The highest BCUT2D eigenvalue weighted by Crippen LogP contribution is 2.35. The van der Waals surface area contributed by atoms with Gasteiger partial charge in [0.2, 0.25) is 5.88 Å². The number of ether oxygens (including phenoxy) is 1. The molecule has 25 heavy (non-hydrogen) atoms. The Kier molecular flexibility index (Phi) is 5.08. The molecule has 2 aromatic carbocycles. The lowest BCUT2D eigenvalue weighted by Crippen LogP contribution is -2.01. The second-order valence-corrected chi connectivity index (χ2v) is 6.18. The van der Waals surface area contributed by atoms with Gasteiger partial charge >= 0.3 is 0 Å². The van der Waals surface area contributed by atoms with Crippen molar-refractivity contribution in [3.05, 3.63) is 59.7 Å². The van der Waals surface area contributed by atoms with Gasteiger partial charge in [-0.3, -0.25) is 0 Å². The van der Waals surface area contributed by atoms with E-state index in [9.17, 15) is 5.11 Å². The molecule has 3 aromatic rings. The van der Waals surface area contributed by atoms with Gasteiger partial charge in [-0.2, -0.15) is 0 Å². The van der Waals surface area contributed by atoms with E-state index < -0.39 is 0 Å². The van der Waals surface area contributed by atoms with E-state index in [0.717, 1.165) is 53.1 Å². The van der Waals surface area contributed by atoms with Gasteiger partial charge < -0.3 is 9.84 Å². The van der Waals surface area contributed by atoms with Crippen LogP contribution in [0.3, 0.4) is 0 Å². The topological polar surface area (TPSA) is 47.3 Å². The minimum Gasteiger partial charge on any atom is -0.497 e. The molecule has 0 atom stereocenters. The number of methoxy groups -OCH3 is 1. The number of hydrogen-bond acceptors (Lipinski definition) is 3. The average molecular weight is 336 g/mol. The molecule has 0 spiro atoms. The number of aromatic nitrogens is 2. The van der Waals surface area contributed by atoms with Gasteiger partial charge in [0.15, 0.2) is 0 Å². The number of unbranched alkanes of at least 4 members (excludes halogenated alkanes) is 1. The van der Waals surface area contributed by atoms with Gasteiger partial charge in [0.05, 0.1) is 18.5 Å². The van der Waals surface area contributed by atoms with E-state index in [4.69, 9.17) is 4.74 Å². The van der Waals surface area contributed by atoms with Crippen molar-refractivity contribution in [1.29, 1.82) is 0 Å². The quantitative estimate of drug-likeness (QED) is 0.696. The third-order valence-corrected chi connectivity index (χ3v) is 4.46. The zero-order chi connectivity index (χ0) is 17.8. The van der Waals surface area contributed by atoms with Crippen LogP contribution in [0.1, 0.15) is 30.9 Å². The fraction of sp³-hybridized carbons (Fsp3) is 0.286. The Morgan fingerprint density at radius 1 is 1.08 bits per heavy atom. The van der Waals surface area contributed by atoms with Crippen molar-refractivity contribution in [2.24, 2.45) is 0 Å². The highest BCUT2D eigenvalue weighted by Gasteiger charge is 2.20. The van der Waals surface area contributed by atoms with Crippen LogP contribution in [0.2, 0.25) is 0 Å². The largest absolute Gasteiger partial charge is 0.497 e. The third-order valence-electron chi connectivity index (χ3n) is 4.46. The van der Waals surface area contributed by atoms with Crippen LogP contribution in [0.25, 0.3) is 16.9 Å². The Hall–Kier alpha value is -2.75. The summed E-state index contributed by atoms with van der Waals surface area (Å²) >= 11 is 0. The summed E-state index contributed by atoms with van der Waals surface area (Å²) in [6.45, 7) is 4.24. The minimum atomic E-state index is 0.113.